The van der Waals surface area contributed by atoms with Gasteiger partial charge in [0.05, 0.1) is 12.7 Å². The minimum Gasteiger partial charge on any atom is -0.388 e. The number of methoxy groups -OCH3 is 1. The van der Waals surface area contributed by atoms with E-state index in [1.54, 1.807) is 7.11 Å². The van der Waals surface area contributed by atoms with Gasteiger partial charge >= 0.3 is 0 Å². The molecule has 0 saturated heterocycles. The molecule has 0 fully saturated rings. The fraction of sp³-hybridized carbons (Fsp3) is 0.714. The third-order valence-corrected chi connectivity index (χ3v) is 1.46. The fourth-order valence-electron chi connectivity index (χ4n) is 1.06. The minimum absolute atomic E-state index is 0.334. The van der Waals surface area contributed by atoms with E-state index in [9.17, 15) is 0 Å². The molecule has 3 nitrogen and oxygen atoms in total. The second-order valence-corrected chi connectivity index (χ2v) is 2.46. The first-order valence-electron chi connectivity index (χ1n) is 3.40. The summed E-state index contributed by atoms with van der Waals surface area (Å²) in [6, 6.07) is 0. The molecule has 1 unspecified atom stereocenters. The SMILES string of the molecule is COCC1=CC(O)CNC1. The highest BCUT2D eigenvalue weighted by Gasteiger charge is 2.08. The lowest BCUT2D eigenvalue weighted by Gasteiger charge is -2.17. The predicted octanol–water partition coefficient (Wildman–Crippen LogP) is -0.477. The molecule has 0 saturated carbocycles. The van der Waals surface area contributed by atoms with Crippen LogP contribution < -0.4 is 5.32 Å². The Labute approximate surface area is 60.7 Å². The molecule has 0 spiro atoms. The van der Waals surface area contributed by atoms with Gasteiger partial charge in [0.1, 0.15) is 0 Å². The van der Waals surface area contributed by atoms with E-state index in [1.807, 2.05) is 6.08 Å². The topological polar surface area (TPSA) is 41.5 Å². The second kappa shape index (κ2) is 3.71. The van der Waals surface area contributed by atoms with Crippen LogP contribution in [0.15, 0.2) is 11.6 Å². The lowest BCUT2D eigenvalue weighted by Crippen LogP contribution is -2.33. The molecule has 0 aromatic carbocycles. The maximum absolute atomic E-state index is 9.11. The molecule has 3 heteroatoms. The predicted molar refractivity (Wildman–Crippen MR) is 38.8 cm³/mol. The van der Waals surface area contributed by atoms with Crippen LogP contribution in [0, 0.1) is 0 Å². The summed E-state index contributed by atoms with van der Waals surface area (Å²) in [4.78, 5) is 0. The summed E-state index contributed by atoms with van der Waals surface area (Å²) in [6.07, 6.45) is 1.51. The summed E-state index contributed by atoms with van der Waals surface area (Å²) in [6.45, 7) is 2.11. The van der Waals surface area contributed by atoms with Crippen LogP contribution in [-0.2, 0) is 4.74 Å². The van der Waals surface area contributed by atoms with Crippen molar-refractivity contribution in [2.24, 2.45) is 0 Å². The summed E-state index contributed by atoms with van der Waals surface area (Å²) in [5.74, 6) is 0. The molecule has 0 aliphatic carbocycles. The largest absolute Gasteiger partial charge is 0.388 e. The second-order valence-electron chi connectivity index (χ2n) is 2.46. The minimum atomic E-state index is -0.334. The normalized spacial score (nSPS) is 26.2. The van der Waals surface area contributed by atoms with Gasteiger partial charge in [0.2, 0.25) is 0 Å². The van der Waals surface area contributed by atoms with Crippen molar-refractivity contribution in [2.75, 3.05) is 26.8 Å². The molecule has 10 heavy (non-hydrogen) atoms. The monoisotopic (exact) mass is 143 g/mol. The third kappa shape index (κ3) is 2.10. The van der Waals surface area contributed by atoms with Gasteiger partial charge in [-0.25, -0.2) is 0 Å². The number of ether oxygens (including phenoxy) is 1. The Bertz CT molecular complexity index is 134. The molecule has 0 bridgehead atoms. The van der Waals surface area contributed by atoms with Crippen molar-refractivity contribution >= 4 is 0 Å². The van der Waals surface area contributed by atoms with Crippen molar-refractivity contribution in [1.82, 2.24) is 5.32 Å². The molecular formula is C7H13NO2. The Morgan fingerprint density at radius 2 is 2.70 bits per heavy atom. The molecule has 0 aromatic rings. The van der Waals surface area contributed by atoms with E-state index in [-0.39, 0.29) is 6.10 Å². The van der Waals surface area contributed by atoms with Crippen molar-refractivity contribution in [1.29, 1.82) is 0 Å². The van der Waals surface area contributed by atoms with Gasteiger partial charge in [-0.05, 0) is 5.57 Å². The van der Waals surface area contributed by atoms with Crippen molar-refractivity contribution < 1.29 is 9.84 Å². The van der Waals surface area contributed by atoms with Crippen molar-refractivity contribution in [3.63, 3.8) is 0 Å². The lowest BCUT2D eigenvalue weighted by atomic mass is 10.1. The molecule has 0 amide bonds. The number of β-amino-alcohol motifs (C(OH)–C–C–N with tert-alkyl or cyclic N) is 1. The van der Waals surface area contributed by atoms with Gasteiger partial charge in [0.25, 0.3) is 0 Å². The van der Waals surface area contributed by atoms with Gasteiger partial charge in [-0.3, -0.25) is 0 Å². The molecule has 1 atom stereocenters. The van der Waals surface area contributed by atoms with Gasteiger partial charge < -0.3 is 15.2 Å². The lowest BCUT2D eigenvalue weighted by molar-refractivity contribution is 0.194. The number of hydrogen-bond acceptors (Lipinski definition) is 3. The van der Waals surface area contributed by atoms with E-state index in [2.05, 4.69) is 5.32 Å². The highest BCUT2D eigenvalue weighted by molar-refractivity contribution is 5.11. The Morgan fingerprint density at radius 1 is 1.90 bits per heavy atom. The summed E-state index contributed by atoms with van der Waals surface area (Å²) in [5, 5.41) is 12.2. The first-order chi connectivity index (χ1) is 4.83. The number of aliphatic hydroxyl groups excluding tert-OH is 1. The highest BCUT2D eigenvalue weighted by Crippen LogP contribution is 2.01. The molecular weight excluding hydrogens is 130 g/mol. The van der Waals surface area contributed by atoms with E-state index in [1.165, 1.54) is 0 Å². The van der Waals surface area contributed by atoms with Crippen molar-refractivity contribution in [3.05, 3.63) is 11.6 Å². The molecule has 1 aliphatic heterocycles. The summed E-state index contributed by atoms with van der Waals surface area (Å²) in [7, 11) is 1.65. The number of nitrogens with one attached hydrogen (secondary N) is 1. The molecule has 1 rings (SSSR count). The zero-order valence-electron chi connectivity index (χ0n) is 6.13. The zero-order chi connectivity index (χ0) is 7.40. The maximum Gasteiger partial charge on any atom is 0.0849 e. The molecule has 1 aliphatic rings. The van der Waals surface area contributed by atoms with Crippen LogP contribution in [-0.4, -0.2) is 38.0 Å². The first-order valence-corrected chi connectivity index (χ1v) is 3.40. The molecule has 1 heterocycles. The van der Waals surface area contributed by atoms with Gasteiger partial charge in [-0.15, -0.1) is 0 Å². The average molecular weight is 143 g/mol. The Balaban J connectivity index is 2.41. The Kier molecular flexibility index (Phi) is 2.86. The average Bonchev–Trinajstić information content (AvgIpc) is 1.88. The van der Waals surface area contributed by atoms with Gasteiger partial charge in [0.15, 0.2) is 0 Å². The molecule has 0 aromatic heterocycles. The van der Waals surface area contributed by atoms with E-state index in [0.29, 0.717) is 13.2 Å². The summed E-state index contributed by atoms with van der Waals surface area (Å²) < 4.78 is 4.91. The van der Waals surface area contributed by atoms with Crippen LogP contribution in [0.2, 0.25) is 0 Å². The van der Waals surface area contributed by atoms with Crippen LogP contribution in [0.25, 0.3) is 0 Å². The Hall–Kier alpha value is -0.380. The molecule has 58 valence electrons. The van der Waals surface area contributed by atoms with Crippen LogP contribution in [0.1, 0.15) is 0 Å². The van der Waals surface area contributed by atoms with Crippen molar-refractivity contribution in [3.8, 4) is 0 Å². The maximum atomic E-state index is 9.11. The van der Waals surface area contributed by atoms with Crippen LogP contribution in [0.3, 0.4) is 0 Å². The zero-order valence-corrected chi connectivity index (χ0v) is 6.13. The first kappa shape index (κ1) is 7.72. The standard InChI is InChI=1S/C7H13NO2/c1-10-5-6-2-7(9)4-8-3-6/h2,7-9H,3-5H2,1H3. The van der Waals surface area contributed by atoms with Gasteiger partial charge in [-0.1, -0.05) is 6.08 Å². The molecule has 0 radical (unpaired) electrons. The quantitative estimate of drug-likeness (QED) is 0.513. The van der Waals surface area contributed by atoms with Crippen LogP contribution in [0.5, 0.6) is 0 Å². The third-order valence-electron chi connectivity index (χ3n) is 1.46. The Morgan fingerprint density at radius 3 is 3.30 bits per heavy atom. The summed E-state index contributed by atoms with van der Waals surface area (Å²) >= 11 is 0. The van der Waals surface area contributed by atoms with Crippen LogP contribution >= 0.6 is 0 Å². The smallest absolute Gasteiger partial charge is 0.0849 e. The summed E-state index contributed by atoms with van der Waals surface area (Å²) in [5.41, 5.74) is 1.13. The van der Waals surface area contributed by atoms with Gasteiger partial charge in [0, 0.05) is 20.2 Å². The van der Waals surface area contributed by atoms with E-state index in [0.717, 1.165) is 12.1 Å². The highest BCUT2D eigenvalue weighted by atomic mass is 16.5. The number of rotatable bonds is 2. The van der Waals surface area contributed by atoms with E-state index < -0.39 is 0 Å². The van der Waals surface area contributed by atoms with E-state index in [4.69, 9.17) is 9.84 Å². The number of aliphatic hydroxyl groups is 1. The van der Waals surface area contributed by atoms with Gasteiger partial charge in [-0.2, -0.15) is 0 Å². The van der Waals surface area contributed by atoms with Crippen molar-refractivity contribution in [2.45, 2.75) is 6.10 Å². The van der Waals surface area contributed by atoms with Crippen LogP contribution in [0.4, 0.5) is 0 Å². The molecule has 2 N–H and O–H groups in total. The van der Waals surface area contributed by atoms with E-state index >= 15 is 0 Å². The fourth-order valence-corrected chi connectivity index (χ4v) is 1.06. The number of hydrogen-bond donors (Lipinski definition) is 2.